The maximum atomic E-state index is 13.3. The van der Waals surface area contributed by atoms with E-state index in [2.05, 4.69) is 5.32 Å². The fourth-order valence-corrected chi connectivity index (χ4v) is 4.18. The monoisotopic (exact) mass is 540 g/mol. The smallest absolute Gasteiger partial charge is 0.254 e. The molecule has 0 radical (unpaired) electrons. The van der Waals surface area contributed by atoms with Crippen molar-refractivity contribution in [1.82, 2.24) is 14.5 Å². The highest BCUT2D eigenvalue weighted by Crippen LogP contribution is 2.26. The van der Waals surface area contributed by atoms with Crippen LogP contribution >= 0.6 is 11.6 Å². The first-order valence-corrected chi connectivity index (χ1v) is 12.5. The Bertz CT molecular complexity index is 1550. The highest BCUT2D eigenvalue weighted by atomic mass is 35.5. The lowest BCUT2D eigenvalue weighted by atomic mass is 10.1. The minimum atomic E-state index is -0.409. The number of imidazole rings is 1. The topological polar surface area (TPSA) is 89.6 Å². The van der Waals surface area contributed by atoms with Crippen molar-refractivity contribution >= 4 is 29.4 Å². The van der Waals surface area contributed by atoms with E-state index < -0.39 is 5.91 Å². The molecule has 0 saturated carbocycles. The fourth-order valence-electron chi connectivity index (χ4n) is 4.06. The third kappa shape index (κ3) is 6.19. The zero-order valence-corrected chi connectivity index (χ0v) is 21.8. The lowest BCUT2D eigenvalue weighted by Crippen LogP contribution is -2.37. The summed E-state index contributed by atoms with van der Waals surface area (Å²) in [6, 6.07) is 27.1. The first-order valence-electron chi connectivity index (χ1n) is 12.2. The van der Waals surface area contributed by atoms with Crippen molar-refractivity contribution in [3.05, 3.63) is 120 Å². The lowest BCUT2D eigenvalue weighted by molar-refractivity contribution is -0.117. The van der Waals surface area contributed by atoms with Gasteiger partial charge in [-0.05, 0) is 72.8 Å². The van der Waals surface area contributed by atoms with Crippen LogP contribution in [0.15, 0.2) is 108 Å². The van der Waals surface area contributed by atoms with Crippen LogP contribution < -0.4 is 10.1 Å². The first-order chi connectivity index (χ1) is 19.0. The standard InChI is InChI=1S/C30H25ClN4O4/c1-38-25-15-11-21(12-16-25)27-19-35(24-6-3-2-4-7-24)30(32-27)33-28(36)20-34(18-26-8-5-17-39-26)29(37)22-9-13-23(31)14-10-22/h2-17,19H,18,20H2,1H3,(H,32,33,36). The van der Waals surface area contributed by atoms with E-state index in [4.69, 9.17) is 25.7 Å². The van der Waals surface area contributed by atoms with Crippen LogP contribution in [0, 0.1) is 0 Å². The minimum absolute atomic E-state index is 0.117. The third-order valence-corrected chi connectivity index (χ3v) is 6.27. The van der Waals surface area contributed by atoms with Gasteiger partial charge < -0.3 is 14.1 Å². The summed E-state index contributed by atoms with van der Waals surface area (Å²) in [5.74, 6) is 0.875. The molecule has 0 fully saturated rings. The Hall–Kier alpha value is -4.82. The number of hydrogen-bond donors (Lipinski definition) is 1. The fraction of sp³-hybridized carbons (Fsp3) is 0.100. The van der Waals surface area contributed by atoms with E-state index in [0.717, 1.165) is 17.0 Å². The van der Waals surface area contributed by atoms with Crippen molar-refractivity contribution in [1.29, 1.82) is 0 Å². The number of aromatic nitrogens is 2. The molecule has 2 amide bonds. The minimum Gasteiger partial charge on any atom is -0.497 e. The number of carbonyl (C=O) groups is 2. The zero-order valence-electron chi connectivity index (χ0n) is 21.1. The molecule has 5 rings (SSSR count). The first kappa shape index (κ1) is 25.8. The van der Waals surface area contributed by atoms with Gasteiger partial charge in [-0.15, -0.1) is 0 Å². The molecular weight excluding hydrogens is 516 g/mol. The van der Waals surface area contributed by atoms with Crippen LogP contribution in [0.2, 0.25) is 5.02 Å². The summed E-state index contributed by atoms with van der Waals surface area (Å²) in [6.07, 6.45) is 3.38. The van der Waals surface area contributed by atoms with Crippen LogP contribution in [0.5, 0.6) is 5.75 Å². The quantitative estimate of drug-likeness (QED) is 0.245. The molecule has 0 aliphatic carbocycles. The summed E-state index contributed by atoms with van der Waals surface area (Å²) < 4.78 is 12.5. The lowest BCUT2D eigenvalue weighted by Gasteiger charge is -2.21. The second-order valence-electron chi connectivity index (χ2n) is 8.68. The van der Waals surface area contributed by atoms with Crippen LogP contribution in [-0.2, 0) is 11.3 Å². The van der Waals surface area contributed by atoms with E-state index in [1.165, 1.54) is 11.2 Å². The van der Waals surface area contributed by atoms with E-state index in [1.807, 2.05) is 60.8 Å². The van der Waals surface area contributed by atoms with Gasteiger partial charge in [0.2, 0.25) is 11.9 Å². The van der Waals surface area contributed by atoms with Gasteiger partial charge in [0.1, 0.15) is 18.1 Å². The van der Waals surface area contributed by atoms with Crippen LogP contribution in [-0.4, -0.2) is 39.9 Å². The second kappa shape index (κ2) is 11.7. The van der Waals surface area contributed by atoms with Gasteiger partial charge in [-0.3, -0.25) is 19.5 Å². The largest absolute Gasteiger partial charge is 0.497 e. The van der Waals surface area contributed by atoms with Gasteiger partial charge in [0.05, 0.1) is 25.6 Å². The second-order valence-corrected chi connectivity index (χ2v) is 9.12. The normalized spacial score (nSPS) is 10.7. The molecule has 0 aliphatic heterocycles. The number of nitrogens with one attached hydrogen (secondary N) is 1. The number of hydrogen-bond acceptors (Lipinski definition) is 5. The van der Waals surface area contributed by atoms with Gasteiger partial charge in [0, 0.05) is 28.0 Å². The zero-order chi connectivity index (χ0) is 27.2. The summed E-state index contributed by atoms with van der Waals surface area (Å²) in [5, 5.41) is 3.41. The number of amides is 2. The Kier molecular flexibility index (Phi) is 7.75. The molecule has 0 saturated heterocycles. The van der Waals surface area contributed by atoms with Crippen LogP contribution in [0.25, 0.3) is 16.9 Å². The van der Waals surface area contributed by atoms with E-state index in [9.17, 15) is 9.59 Å². The van der Waals surface area contributed by atoms with Crippen molar-refractivity contribution in [3.63, 3.8) is 0 Å². The molecule has 39 heavy (non-hydrogen) atoms. The summed E-state index contributed by atoms with van der Waals surface area (Å²) in [6.45, 7) is -0.103. The molecule has 0 atom stereocenters. The molecule has 0 unspecified atom stereocenters. The van der Waals surface area contributed by atoms with Gasteiger partial charge in [-0.2, -0.15) is 0 Å². The van der Waals surface area contributed by atoms with E-state index in [1.54, 1.807) is 48.1 Å². The SMILES string of the molecule is COc1ccc(-c2cn(-c3ccccc3)c(NC(=O)CN(Cc3ccco3)C(=O)c3ccc(Cl)cc3)n2)cc1. The predicted octanol–water partition coefficient (Wildman–Crippen LogP) is 6.08. The van der Waals surface area contributed by atoms with Crippen LogP contribution in [0.3, 0.4) is 0 Å². The van der Waals surface area contributed by atoms with E-state index in [0.29, 0.717) is 28.0 Å². The third-order valence-electron chi connectivity index (χ3n) is 6.02. The number of halogens is 1. The highest BCUT2D eigenvalue weighted by Gasteiger charge is 2.22. The number of para-hydroxylation sites is 1. The Morgan fingerprint density at radius 3 is 2.38 bits per heavy atom. The maximum absolute atomic E-state index is 13.3. The molecule has 8 nitrogen and oxygen atoms in total. The van der Waals surface area contributed by atoms with Crippen molar-refractivity contribution in [2.45, 2.75) is 6.54 Å². The molecular formula is C30H25ClN4O4. The number of methoxy groups -OCH3 is 1. The highest BCUT2D eigenvalue weighted by molar-refractivity contribution is 6.30. The van der Waals surface area contributed by atoms with Crippen LogP contribution in [0.1, 0.15) is 16.1 Å². The molecule has 5 aromatic rings. The average molecular weight is 541 g/mol. The number of carbonyl (C=O) groups excluding carboxylic acids is 2. The Labute approximate surface area is 230 Å². The summed E-state index contributed by atoms with van der Waals surface area (Å²) in [5.41, 5.74) is 2.76. The number of furan rings is 1. The summed E-state index contributed by atoms with van der Waals surface area (Å²) >= 11 is 5.99. The Balaban J connectivity index is 1.42. The molecule has 0 aliphatic rings. The van der Waals surface area contributed by atoms with Gasteiger partial charge in [-0.1, -0.05) is 29.8 Å². The molecule has 9 heteroatoms. The number of anilines is 1. The van der Waals surface area contributed by atoms with Gasteiger partial charge in [0.15, 0.2) is 0 Å². The maximum Gasteiger partial charge on any atom is 0.254 e. The Morgan fingerprint density at radius 1 is 0.974 bits per heavy atom. The van der Waals surface area contributed by atoms with Crippen molar-refractivity contribution in [3.8, 4) is 22.7 Å². The van der Waals surface area contributed by atoms with Crippen molar-refractivity contribution in [2.24, 2.45) is 0 Å². The molecule has 0 bridgehead atoms. The summed E-state index contributed by atoms with van der Waals surface area (Å²) in [4.78, 5) is 32.8. The van der Waals surface area contributed by atoms with Crippen molar-refractivity contribution < 1.29 is 18.7 Å². The molecule has 3 aromatic carbocycles. The van der Waals surface area contributed by atoms with Gasteiger partial charge >= 0.3 is 0 Å². The number of rotatable bonds is 9. The van der Waals surface area contributed by atoms with Gasteiger partial charge in [-0.25, -0.2) is 4.98 Å². The average Bonchev–Trinajstić information content (AvgIpc) is 3.63. The molecule has 2 aromatic heterocycles. The molecule has 196 valence electrons. The number of ether oxygens (including phenoxy) is 1. The Morgan fingerprint density at radius 2 is 1.72 bits per heavy atom. The van der Waals surface area contributed by atoms with E-state index in [-0.39, 0.29) is 19.0 Å². The number of nitrogens with zero attached hydrogens (tertiary/aromatic N) is 3. The summed E-state index contributed by atoms with van der Waals surface area (Å²) in [7, 11) is 1.61. The molecule has 1 N–H and O–H groups in total. The van der Waals surface area contributed by atoms with Gasteiger partial charge in [0.25, 0.3) is 5.91 Å². The van der Waals surface area contributed by atoms with Crippen LogP contribution in [0.4, 0.5) is 5.95 Å². The predicted molar refractivity (Wildman–Crippen MR) is 149 cm³/mol. The molecule has 2 heterocycles. The number of benzene rings is 3. The molecule has 0 spiro atoms. The van der Waals surface area contributed by atoms with Crippen molar-refractivity contribution in [2.75, 3.05) is 19.0 Å². The van der Waals surface area contributed by atoms with E-state index >= 15 is 0 Å².